The van der Waals surface area contributed by atoms with Gasteiger partial charge in [0.25, 0.3) is 0 Å². The topological polar surface area (TPSA) is 75.6 Å². The molecule has 0 radical (unpaired) electrons. The molecule has 0 unspecified atom stereocenters. The van der Waals surface area contributed by atoms with Crippen LogP contribution in [0.3, 0.4) is 0 Å². The van der Waals surface area contributed by atoms with E-state index in [-0.39, 0.29) is 6.42 Å². The third-order valence-corrected chi connectivity index (χ3v) is 2.24. The second kappa shape index (κ2) is 6.52. The molecular formula is C12H15NO4. The number of ether oxygens (including phenoxy) is 1. The first-order valence-electron chi connectivity index (χ1n) is 5.32. The van der Waals surface area contributed by atoms with Crippen LogP contribution in [0.1, 0.15) is 24.9 Å². The minimum atomic E-state index is -0.976. The number of carboxylic acids is 1. The molecule has 0 aromatic heterocycles. The lowest BCUT2D eigenvalue weighted by Gasteiger charge is -2.18. The summed E-state index contributed by atoms with van der Waals surface area (Å²) in [5.74, 6) is -0.383. The molecule has 0 fully saturated rings. The smallest absolute Gasteiger partial charge is 0.305 e. The number of carbonyl (C=O) groups is 2. The van der Waals surface area contributed by atoms with Gasteiger partial charge in [0.1, 0.15) is 5.75 Å². The standard InChI is InChI=1S/C12H15NO4/c1-2-17-11-6-4-3-5-9(11)10(13-8-14)7-12(15)16/h3-6,8,10H,2,7H2,1H3,(H,13,14)(H,15,16)/t10-/m1/s1. The molecule has 0 aliphatic rings. The summed E-state index contributed by atoms with van der Waals surface area (Å²) in [7, 11) is 0. The number of carbonyl (C=O) groups excluding carboxylic acids is 1. The van der Waals surface area contributed by atoms with Crippen LogP contribution in [0.4, 0.5) is 0 Å². The first-order valence-corrected chi connectivity index (χ1v) is 5.32. The van der Waals surface area contributed by atoms with Gasteiger partial charge in [-0.2, -0.15) is 0 Å². The highest BCUT2D eigenvalue weighted by Gasteiger charge is 2.18. The molecule has 2 N–H and O–H groups in total. The second-order valence-corrected chi connectivity index (χ2v) is 3.41. The number of hydrogen-bond acceptors (Lipinski definition) is 3. The van der Waals surface area contributed by atoms with Gasteiger partial charge in [-0.3, -0.25) is 9.59 Å². The number of benzene rings is 1. The Morgan fingerprint density at radius 2 is 2.24 bits per heavy atom. The van der Waals surface area contributed by atoms with Crippen LogP contribution in [0, 0.1) is 0 Å². The fraction of sp³-hybridized carbons (Fsp3) is 0.333. The van der Waals surface area contributed by atoms with Crippen molar-refractivity contribution in [2.75, 3.05) is 6.61 Å². The zero-order valence-corrected chi connectivity index (χ0v) is 9.55. The van der Waals surface area contributed by atoms with Crippen LogP contribution in [0.2, 0.25) is 0 Å². The van der Waals surface area contributed by atoms with Gasteiger partial charge in [-0.25, -0.2) is 0 Å². The van der Waals surface area contributed by atoms with Gasteiger partial charge in [0, 0.05) is 5.56 Å². The van der Waals surface area contributed by atoms with E-state index in [1.54, 1.807) is 24.3 Å². The normalized spacial score (nSPS) is 11.6. The number of amides is 1. The molecule has 1 atom stereocenters. The van der Waals surface area contributed by atoms with E-state index in [9.17, 15) is 9.59 Å². The fourth-order valence-corrected chi connectivity index (χ4v) is 1.57. The number of carboxylic acid groups (broad SMARTS) is 1. The molecule has 0 saturated heterocycles. The lowest BCUT2D eigenvalue weighted by molar-refractivity contribution is -0.137. The molecule has 0 heterocycles. The predicted octanol–water partition coefficient (Wildman–Crippen LogP) is 1.35. The Kier molecular flexibility index (Phi) is 5.00. The van der Waals surface area contributed by atoms with E-state index in [4.69, 9.17) is 9.84 Å². The van der Waals surface area contributed by atoms with Crippen molar-refractivity contribution in [2.45, 2.75) is 19.4 Å². The molecule has 1 amide bonds. The van der Waals surface area contributed by atoms with Gasteiger partial charge in [0.15, 0.2) is 0 Å². The third-order valence-electron chi connectivity index (χ3n) is 2.24. The van der Waals surface area contributed by atoms with Crippen LogP contribution >= 0.6 is 0 Å². The summed E-state index contributed by atoms with van der Waals surface area (Å²) in [5.41, 5.74) is 0.670. The van der Waals surface area contributed by atoms with Crippen molar-refractivity contribution in [3.63, 3.8) is 0 Å². The minimum Gasteiger partial charge on any atom is -0.494 e. The van der Waals surface area contributed by atoms with E-state index in [1.807, 2.05) is 6.92 Å². The molecule has 1 rings (SSSR count). The van der Waals surface area contributed by atoms with E-state index < -0.39 is 12.0 Å². The number of nitrogens with one attached hydrogen (secondary N) is 1. The number of rotatable bonds is 7. The molecule has 0 aliphatic carbocycles. The zero-order chi connectivity index (χ0) is 12.7. The van der Waals surface area contributed by atoms with Gasteiger partial charge < -0.3 is 15.2 Å². The quantitative estimate of drug-likeness (QED) is 0.702. The third kappa shape index (κ3) is 3.79. The molecule has 0 saturated carbocycles. The summed E-state index contributed by atoms with van der Waals surface area (Å²) in [6.45, 7) is 2.33. The Labute approximate surface area is 99.4 Å². The maximum Gasteiger partial charge on any atom is 0.305 e. The van der Waals surface area contributed by atoms with Gasteiger partial charge in [-0.05, 0) is 13.0 Å². The highest BCUT2D eigenvalue weighted by Crippen LogP contribution is 2.26. The van der Waals surface area contributed by atoms with Crippen molar-refractivity contribution in [1.82, 2.24) is 5.32 Å². The molecule has 0 aliphatic heterocycles. The van der Waals surface area contributed by atoms with E-state index in [0.717, 1.165) is 0 Å². The van der Waals surface area contributed by atoms with Gasteiger partial charge in [0.2, 0.25) is 6.41 Å². The average Bonchev–Trinajstić information content (AvgIpc) is 2.29. The summed E-state index contributed by atoms with van der Waals surface area (Å²) in [6.07, 6.45) is 0.319. The molecule has 0 bridgehead atoms. The van der Waals surface area contributed by atoms with Crippen LogP contribution in [-0.2, 0) is 9.59 Å². The van der Waals surface area contributed by atoms with E-state index in [1.165, 1.54) is 0 Å². The van der Waals surface area contributed by atoms with Crippen molar-refractivity contribution in [1.29, 1.82) is 0 Å². The van der Waals surface area contributed by atoms with Crippen molar-refractivity contribution in [3.8, 4) is 5.75 Å². The molecule has 17 heavy (non-hydrogen) atoms. The number of aliphatic carboxylic acids is 1. The molecular weight excluding hydrogens is 222 g/mol. The van der Waals surface area contributed by atoms with Gasteiger partial charge >= 0.3 is 5.97 Å². The molecule has 1 aromatic carbocycles. The Morgan fingerprint density at radius 1 is 1.53 bits per heavy atom. The van der Waals surface area contributed by atoms with Crippen LogP contribution in [0.5, 0.6) is 5.75 Å². The molecule has 0 spiro atoms. The predicted molar refractivity (Wildman–Crippen MR) is 61.8 cm³/mol. The summed E-state index contributed by atoms with van der Waals surface area (Å²) < 4.78 is 5.40. The summed E-state index contributed by atoms with van der Waals surface area (Å²) in [6, 6.07) is 6.49. The SMILES string of the molecule is CCOc1ccccc1[C@@H](CC(=O)O)NC=O. The molecule has 5 nitrogen and oxygen atoms in total. The number of hydrogen-bond donors (Lipinski definition) is 2. The Balaban J connectivity index is 2.98. The van der Waals surface area contributed by atoms with Crippen LogP contribution < -0.4 is 10.1 Å². The molecule has 92 valence electrons. The lowest BCUT2D eigenvalue weighted by atomic mass is 10.0. The Morgan fingerprint density at radius 3 is 2.82 bits per heavy atom. The molecule has 5 heteroatoms. The summed E-state index contributed by atoms with van der Waals surface area (Å²) in [4.78, 5) is 21.2. The van der Waals surface area contributed by atoms with Crippen molar-refractivity contribution in [3.05, 3.63) is 29.8 Å². The average molecular weight is 237 g/mol. The minimum absolute atomic E-state index is 0.178. The van der Waals surface area contributed by atoms with E-state index in [2.05, 4.69) is 5.32 Å². The first kappa shape index (κ1) is 13.0. The summed E-state index contributed by atoms with van der Waals surface area (Å²) in [5, 5.41) is 11.3. The zero-order valence-electron chi connectivity index (χ0n) is 9.55. The monoisotopic (exact) mass is 237 g/mol. The van der Waals surface area contributed by atoms with Crippen molar-refractivity contribution >= 4 is 12.4 Å². The Bertz CT molecular complexity index is 392. The van der Waals surface area contributed by atoms with Crippen molar-refractivity contribution in [2.24, 2.45) is 0 Å². The van der Waals surface area contributed by atoms with Crippen LogP contribution in [0.25, 0.3) is 0 Å². The van der Waals surface area contributed by atoms with Crippen LogP contribution in [0.15, 0.2) is 24.3 Å². The Hall–Kier alpha value is -2.04. The lowest BCUT2D eigenvalue weighted by Crippen LogP contribution is -2.23. The highest BCUT2D eigenvalue weighted by molar-refractivity contribution is 5.69. The van der Waals surface area contributed by atoms with Gasteiger partial charge in [-0.1, -0.05) is 18.2 Å². The van der Waals surface area contributed by atoms with Gasteiger partial charge in [-0.15, -0.1) is 0 Å². The maximum atomic E-state index is 10.7. The molecule has 1 aromatic rings. The van der Waals surface area contributed by atoms with Crippen LogP contribution in [-0.4, -0.2) is 24.1 Å². The second-order valence-electron chi connectivity index (χ2n) is 3.41. The van der Waals surface area contributed by atoms with Crippen molar-refractivity contribution < 1.29 is 19.4 Å². The van der Waals surface area contributed by atoms with Gasteiger partial charge in [0.05, 0.1) is 19.1 Å². The summed E-state index contributed by atoms with van der Waals surface area (Å²) >= 11 is 0. The first-order chi connectivity index (χ1) is 8.19. The van der Waals surface area contributed by atoms with E-state index >= 15 is 0 Å². The maximum absolute atomic E-state index is 10.7. The van der Waals surface area contributed by atoms with E-state index in [0.29, 0.717) is 24.3 Å². The number of para-hydroxylation sites is 1. The largest absolute Gasteiger partial charge is 0.494 e. The highest BCUT2D eigenvalue weighted by atomic mass is 16.5. The fourth-order valence-electron chi connectivity index (χ4n) is 1.57.